The number of amides is 1. The van der Waals surface area contributed by atoms with E-state index in [2.05, 4.69) is 22.2 Å². The van der Waals surface area contributed by atoms with Crippen molar-refractivity contribution >= 4 is 28.6 Å². The summed E-state index contributed by atoms with van der Waals surface area (Å²) in [7, 11) is 0. The maximum absolute atomic E-state index is 11.7. The summed E-state index contributed by atoms with van der Waals surface area (Å²) in [5.74, 6) is 0.450. The van der Waals surface area contributed by atoms with Crippen LogP contribution >= 0.6 is 11.8 Å². The van der Waals surface area contributed by atoms with Gasteiger partial charge in [0, 0.05) is 11.9 Å². The van der Waals surface area contributed by atoms with Gasteiger partial charge in [-0.1, -0.05) is 43.3 Å². The van der Waals surface area contributed by atoms with Crippen molar-refractivity contribution in [1.29, 1.82) is 0 Å². The Hall–Kier alpha value is -1.62. The Morgan fingerprint density at radius 1 is 1.32 bits per heavy atom. The van der Waals surface area contributed by atoms with Gasteiger partial charge in [0.2, 0.25) is 5.91 Å². The number of hydrogen-bond donors (Lipinski definition) is 1. The van der Waals surface area contributed by atoms with Gasteiger partial charge in [-0.05, 0) is 12.5 Å². The minimum atomic E-state index is 0.0566. The fraction of sp³-hybridized carbons (Fsp3) is 0.357. The van der Waals surface area contributed by atoms with Crippen LogP contribution in [0.2, 0.25) is 0 Å². The molecule has 0 bridgehead atoms. The largest absolute Gasteiger partial charge is 0.355 e. The van der Waals surface area contributed by atoms with Crippen molar-refractivity contribution in [1.82, 2.24) is 15.3 Å². The first-order valence-electron chi connectivity index (χ1n) is 6.40. The standard InChI is InChI=1S/C14H17N3OS/c1-2-3-8-15-13(18)9-19-14-11-6-4-5-7-12(11)16-10-17-14/h4-7,10H,2-3,8-9H2,1H3,(H,15,18). The number of thioether (sulfide) groups is 1. The lowest BCUT2D eigenvalue weighted by atomic mass is 10.2. The molecule has 1 aromatic carbocycles. The molecule has 19 heavy (non-hydrogen) atoms. The molecule has 0 aliphatic rings. The zero-order valence-electron chi connectivity index (χ0n) is 10.9. The molecule has 0 spiro atoms. The summed E-state index contributed by atoms with van der Waals surface area (Å²) in [6.07, 6.45) is 3.65. The van der Waals surface area contributed by atoms with Crippen molar-refractivity contribution < 1.29 is 4.79 Å². The van der Waals surface area contributed by atoms with E-state index in [1.807, 2.05) is 24.3 Å². The molecule has 0 atom stereocenters. The van der Waals surface area contributed by atoms with Gasteiger partial charge in [0.05, 0.1) is 11.3 Å². The zero-order valence-corrected chi connectivity index (χ0v) is 11.7. The number of rotatable bonds is 6. The number of para-hydroxylation sites is 1. The molecule has 1 aromatic heterocycles. The molecule has 2 rings (SSSR count). The third-order valence-electron chi connectivity index (χ3n) is 2.70. The Bertz CT molecular complexity index is 554. The summed E-state index contributed by atoms with van der Waals surface area (Å²) >= 11 is 1.45. The number of carbonyl (C=O) groups is 1. The third-order valence-corrected chi connectivity index (χ3v) is 3.70. The monoisotopic (exact) mass is 275 g/mol. The van der Waals surface area contributed by atoms with Crippen molar-refractivity contribution in [2.45, 2.75) is 24.8 Å². The number of aromatic nitrogens is 2. The van der Waals surface area contributed by atoms with Crippen LogP contribution in [0.1, 0.15) is 19.8 Å². The summed E-state index contributed by atoms with van der Waals surface area (Å²) in [5.41, 5.74) is 0.909. The predicted molar refractivity (Wildman–Crippen MR) is 78.2 cm³/mol. The lowest BCUT2D eigenvalue weighted by molar-refractivity contribution is -0.118. The molecule has 0 unspecified atom stereocenters. The highest BCUT2D eigenvalue weighted by Crippen LogP contribution is 2.23. The summed E-state index contributed by atoms with van der Waals surface area (Å²) in [6, 6.07) is 7.83. The number of hydrogen-bond acceptors (Lipinski definition) is 4. The first-order chi connectivity index (χ1) is 9.31. The second-order valence-corrected chi connectivity index (χ2v) is 5.15. The molecule has 100 valence electrons. The Morgan fingerprint density at radius 3 is 3.00 bits per heavy atom. The lowest BCUT2D eigenvalue weighted by Gasteiger charge is -2.05. The summed E-state index contributed by atoms with van der Waals surface area (Å²) in [6.45, 7) is 2.86. The number of fused-ring (bicyclic) bond motifs is 1. The smallest absolute Gasteiger partial charge is 0.230 e. The van der Waals surface area contributed by atoms with E-state index in [9.17, 15) is 4.79 Å². The molecule has 0 saturated heterocycles. The second kappa shape index (κ2) is 7.09. The molecule has 2 aromatic rings. The lowest BCUT2D eigenvalue weighted by Crippen LogP contribution is -2.26. The van der Waals surface area contributed by atoms with Gasteiger partial charge in [-0.25, -0.2) is 9.97 Å². The average molecular weight is 275 g/mol. The Kier molecular flexibility index (Phi) is 5.15. The molecular weight excluding hydrogens is 258 g/mol. The topological polar surface area (TPSA) is 54.9 Å². The molecular formula is C14H17N3OS. The summed E-state index contributed by atoms with van der Waals surface area (Å²) < 4.78 is 0. The van der Waals surface area contributed by atoms with E-state index in [0.717, 1.165) is 35.3 Å². The van der Waals surface area contributed by atoms with Crippen LogP contribution in [0.5, 0.6) is 0 Å². The van der Waals surface area contributed by atoms with Gasteiger partial charge in [-0.3, -0.25) is 4.79 Å². The van der Waals surface area contributed by atoms with Crippen LogP contribution in [-0.4, -0.2) is 28.2 Å². The Morgan fingerprint density at radius 2 is 2.16 bits per heavy atom. The average Bonchev–Trinajstić information content (AvgIpc) is 2.45. The van der Waals surface area contributed by atoms with Gasteiger partial charge in [0.25, 0.3) is 0 Å². The zero-order chi connectivity index (χ0) is 13.5. The maximum Gasteiger partial charge on any atom is 0.230 e. The minimum Gasteiger partial charge on any atom is -0.355 e. The van der Waals surface area contributed by atoms with E-state index < -0.39 is 0 Å². The van der Waals surface area contributed by atoms with Crippen molar-refractivity contribution in [3.8, 4) is 0 Å². The normalized spacial score (nSPS) is 10.6. The third kappa shape index (κ3) is 3.92. The minimum absolute atomic E-state index is 0.0566. The van der Waals surface area contributed by atoms with Crippen LogP contribution in [0.15, 0.2) is 35.6 Å². The molecule has 0 aliphatic heterocycles. The van der Waals surface area contributed by atoms with Crippen LogP contribution in [0.4, 0.5) is 0 Å². The summed E-state index contributed by atoms with van der Waals surface area (Å²) in [5, 5.41) is 4.75. The second-order valence-electron chi connectivity index (χ2n) is 4.19. The maximum atomic E-state index is 11.7. The van der Waals surface area contributed by atoms with Crippen LogP contribution in [0.25, 0.3) is 10.9 Å². The number of benzene rings is 1. The Labute approximate surface area is 117 Å². The molecule has 1 amide bonds. The molecule has 0 aliphatic carbocycles. The van der Waals surface area contributed by atoms with Crippen molar-refractivity contribution in [3.63, 3.8) is 0 Å². The first-order valence-corrected chi connectivity index (χ1v) is 7.39. The van der Waals surface area contributed by atoms with Crippen molar-refractivity contribution in [3.05, 3.63) is 30.6 Å². The molecule has 4 nitrogen and oxygen atoms in total. The van der Waals surface area contributed by atoms with E-state index in [-0.39, 0.29) is 5.91 Å². The summed E-state index contributed by atoms with van der Waals surface area (Å²) in [4.78, 5) is 20.1. The quantitative estimate of drug-likeness (QED) is 0.500. The van der Waals surface area contributed by atoms with Gasteiger partial charge in [0.1, 0.15) is 11.4 Å². The van der Waals surface area contributed by atoms with E-state index in [4.69, 9.17) is 0 Å². The number of carbonyl (C=O) groups excluding carboxylic acids is 1. The van der Waals surface area contributed by atoms with Crippen LogP contribution < -0.4 is 5.32 Å². The van der Waals surface area contributed by atoms with Gasteiger partial charge < -0.3 is 5.32 Å². The number of nitrogens with one attached hydrogen (secondary N) is 1. The highest BCUT2D eigenvalue weighted by Gasteiger charge is 2.06. The van der Waals surface area contributed by atoms with Crippen molar-refractivity contribution in [2.75, 3.05) is 12.3 Å². The van der Waals surface area contributed by atoms with Crippen LogP contribution in [0.3, 0.4) is 0 Å². The molecule has 1 N–H and O–H groups in total. The first kappa shape index (κ1) is 13.8. The number of unbranched alkanes of at least 4 members (excludes halogenated alkanes) is 1. The fourth-order valence-corrected chi connectivity index (χ4v) is 2.50. The molecule has 5 heteroatoms. The van der Waals surface area contributed by atoms with Gasteiger partial charge >= 0.3 is 0 Å². The molecule has 0 saturated carbocycles. The molecule has 1 heterocycles. The molecule has 0 fully saturated rings. The van der Waals surface area contributed by atoms with Crippen molar-refractivity contribution in [2.24, 2.45) is 0 Å². The van der Waals surface area contributed by atoms with Gasteiger partial charge in [-0.2, -0.15) is 0 Å². The van der Waals surface area contributed by atoms with E-state index in [1.165, 1.54) is 11.8 Å². The van der Waals surface area contributed by atoms with E-state index in [1.54, 1.807) is 6.33 Å². The molecule has 0 radical (unpaired) electrons. The highest BCUT2D eigenvalue weighted by molar-refractivity contribution is 8.00. The van der Waals surface area contributed by atoms with Crippen LogP contribution in [0, 0.1) is 0 Å². The number of nitrogens with zero attached hydrogens (tertiary/aromatic N) is 2. The predicted octanol–water partition coefficient (Wildman–Crippen LogP) is 2.64. The Balaban J connectivity index is 1.96. The SMILES string of the molecule is CCCCNC(=O)CSc1ncnc2ccccc12. The van der Waals surface area contributed by atoms with Gasteiger partial charge in [-0.15, -0.1) is 0 Å². The van der Waals surface area contributed by atoms with E-state index >= 15 is 0 Å². The van der Waals surface area contributed by atoms with Gasteiger partial charge in [0.15, 0.2) is 0 Å². The van der Waals surface area contributed by atoms with Crippen LogP contribution in [-0.2, 0) is 4.79 Å². The van der Waals surface area contributed by atoms with E-state index in [0.29, 0.717) is 5.75 Å². The highest BCUT2D eigenvalue weighted by atomic mass is 32.2. The fourth-order valence-electron chi connectivity index (χ4n) is 1.68.